The molecule has 1 fully saturated rings. The van der Waals surface area contributed by atoms with Gasteiger partial charge in [-0.1, -0.05) is 39.7 Å². The SMILES string of the molecule is CCCC1CNC(C(C)CC)CN1Cc1cccs1. The maximum absolute atomic E-state index is 3.78. The molecular weight excluding hydrogens is 252 g/mol. The van der Waals surface area contributed by atoms with E-state index in [1.165, 1.54) is 30.7 Å². The Morgan fingerprint density at radius 2 is 2.32 bits per heavy atom. The molecule has 3 heteroatoms. The van der Waals surface area contributed by atoms with Crippen LogP contribution in [0.1, 0.15) is 44.9 Å². The predicted octanol–water partition coefficient (Wildman–Crippen LogP) is 3.74. The van der Waals surface area contributed by atoms with Crippen LogP contribution in [-0.2, 0) is 6.54 Å². The van der Waals surface area contributed by atoms with Gasteiger partial charge < -0.3 is 5.32 Å². The fourth-order valence-corrected chi connectivity index (χ4v) is 3.69. The van der Waals surface area contributed by atoms with Crippen LogP contribution in [0, 0.1) is 5.92 Å². The summed E-state index contributed by atoms with van der Waals surface area (Å²) in [6.07, 6.45) is 3.86. The Labute approximate surface area is 122 Å². The summed E-state index contributed by atoms with van der Waals surface area (Å²) >= 11 is 1.89. The largest absolute Gasteiger partial charge is 0.311 e. The normalized spacial score (nSPS) is 26.5. The van der Waals surface area contributed by atoms with E-state index >= 15 is 0 Å². The zero-order valence-electron chi connectivity index (χ0n) is 12.6. The minimum Gasteiger partial charge on any atom is -0.311 e. The Morgan fingerprint density at radius 1 is 1.47 bits per heavy atom. The smallest absolute Gasteiger partial charge is 0.0332 e. The van der Waals surface area contributed by atoms with E-state index in [1.54, 1.807) is 0 Å². The van der Waals surface area contributed by atoms with Crippen LogP contribution in [0.25, 0.3) is 0 Å². The molecule has 1 aliphatic heterocycles. The number of hydrogen-bond acceptors (Lipinski definition) is 3. The highest BCUT2D eigenvalue weighted by Crippen LogP contribution is 2.21. The number of nitrogens with one attached hydrogen (secondary N) is 1. The first-order valence-corrected chi connectivity index (χ1v) is 8.62. The Hall–Kier alpha value is -0.380. The highest BCUT2D eigenvalue weighted by atomic mass is 32.1. The van der Waals surface area contributed by atoms with Gasteiger partial charge in [-0.2, -0.15) is 0 Å². The minimum absolute atomic E-state index is 0.665. The lowest BCUT2D eigenvalue weighted by Gasteiger charge is -2.42. The van der Waals surface area contributed by atoms with Gasteiger partial charge in [0.15, 0.2) is 0 Å². The number of rotatable bonds is 6. The molecule has 3 unspecified atom stereocenters. The van der Waals surface area contributed by atoms with Crippen LogP contribution in [0.15, 0.2) is 17.5 Å². The summed E-state index contributed by atoms with van der Waals surface area (Å²) < 4.78 is 0. The summed E-state index contributed by atoms with van der Waals surface area (Å²) in [4.78, 5) is 4.22. The summed E-state index contributed by atoms with van der Waals surface area (Å²) in [5.41, 5.74) is 0. The van der Waals surface area contributed by atoms with Gasteiger partial charge in [0.2, 0.25) is 0 Å². The number of piperazine rings is 1. The molecule has 0 amide bonds. The van der Waals surface area contributed by atoms with Crippen molar-refractivity contribution in [3.63, 3.8) is 0 Å². The van der Waals surface area contributed by atoms with E-state index in [-0.39, 0.29) is 0 Å². The third kappa shape index (κ3) is 4.04. The molecule has 1 aliphatic rings. The molecule has 0 bridgehead atoms. The van der Waals surface area contributed by atoms with Gasteiger partial charge in [-0.05, 0) is 23.8 Å². The van der Waals surface area contributed by atoms with E-state index in [0.29, 0.717) is 12.1 Å². The average molecular weight is 280 g/mol. The maximum Gasteiger partial charge on any atom is 0.0332 e. The van der Waals surface area contributed by atoms with Gasteiger partial charge in [-0.25, -0.2) is 0 Å². The molecule has 2 rings (SSSR count). The molecule has 0 spiro atoms. The monoisotopic (exact) mass is 280 g/mol. The van der Waals surface area contributed by atoms with Crippen molar-refractivity contribution in [2.75, 3.05) is 13.1 Å². The predicted molar refractivity (Wildman–Crippen MR) is 84.7 cm³/mol. The Balaban J connectivity index is 1.99. The number of hydrogen-bond donors (Lipinski definition) is 1. The van der Waals surface area contributed by atoms with Gasteiger partial charge in [0.1, 0.15) is 0 Å². The number of thiophene rings is 1. The molecule has 1 aromatic heterocycles. The lowest BCUT2D eigenvalue weighted by molar-refractivity contribution is 0.0970. The van der Waals surface area contributed by atoms with Crippen molar-refractivity contribution in [2.24, 2.45) is 5.92 Å². The third-order valence-corrected chi connectivity index (χ3v) is 5.32. The molecule has 108 valence electrons. The fourth-order valence-electron chi connectivity index (χ4n) is 2.96. The second-order valence-electron chi connectivity index (χ2n) is 5.85. The van der Waals surface area contributed by atoms with E-state index < -0.39 is 0 Å². The standard InChI is InChI=1S/C16H28N2S/c1-4-7-14-10-17-16(13(3)5-2)12-18(14)11-15-8-6-9-19-15/h6,8-9,13-14,16-17H,4-5,7,10-12H2,1-3H3. The minimum atomic E-state index is 0.665. The first kappa shape index (κ1) is 15.0. The van der Waals surface area contributed by atoms with E-state index in [4.69, 9.17) is 0 Å². The molecule has 1 N–H and O–H groups in total. The van der Waals surface area contributed by atoms with Crippen molar-refractivity contribution < 1.29 is 0 Å². The van der Waals surface area contributed by atoms with E-state index in [2.05, 4.69) is 48.5 Å². The van der Waals surface area contributed by atoms with Gasteiger partial charge in [-0.15, -0.1) is 11.3 Å². The lowest BCUT2D eigenvalue weighted by atomic mass is 9.94. The molecule has 2 nitrogen and oxygen atoms in total. The lowest BCUT2D eigenvalue weighted by Crippen LogP contribution is -2.57. The van der Waals surface area contributed by atoms with Crippen molar-refractivity contribution in [1.29, 1.82) is 0 Å². The summed E-state index contributed by atoms with van der Waals surface area (Å²) in [5, 5.41) is 5.97. The number of nitrogens with zero attached hydrogens (tertiary/aromatic N) is 1. The van der Waals surface area contributed by atoms with Gasteiger partial charge in [0.05, 0.1) is 0 Å². The zero-order valence-corrected chi connectivity index (χ0v) is 13.4. The first-order chi connectivity index (χ1) is 9.24. The second kappa shape index (κ2) is 7.41. The van der Waals surface area contributed by atoms with Crippen LogP contribution in [0.2, 0.25) is 0 Å². The quantitative estimate of drug-likeness (QED) is 0.854. The molecule has 1 aromatic rings. The van der Waals surface area contributed by atoms with E-state index in [0.717, 1.165) is 19.0 Å². The van der Waals surface area contributed by atoms with Crippen LogP contribution in [0.5, 0.6) is 0 Å². The van der Waals surface area contributed by atoms with E-state index in [1.807, 2.05) is 11.3 Å². The Morgan fingerprint density at radius 3 is 2.95 bits per heavy atom. The van der Waals surface area contributed by atoms with Crippen molar-refractivity contribution >= 4 is 11.3 Å². The highest BCUT2D eigenvalue weighted by Gasteiger charge is 2.29. The van der Waals surface area contributed by atoms with Crippen LogP contribution >= 0.6 is 11.3 Å². The van der Waals surface area contributed by atoms with E-state index in [9.17, 15) is 0 Å². The molecule has 1 saturated heterocycles. The van der Waals surface area contributed by atoms with Crippen molar-refractivity contribution in [3.05, 3.63) is 22.4 Å². The summed E-state index contributed by atoms with van der Waals surface area (Å²) in [7, 11) is 0. The average Bonchev–Trinajstić information content (AvgIpc) is 2.93. The van der Waals surface area contributed by atoms with Gasteiger partial charge in [0, 0.05) is 36.6 Å². The molecule has 0 aromatic carbocycles. The molecule has 2 heterocycles. The maximum atomic E-state index is 3.78. The van der Waals surface area contributed by atoms with Gasteiger partial charge >= 0.3 is 0 Å². The zero-order chi connectivity index (χ0) is 13.7. The summed E-state index contributed by atoms with van der Waals surface area (Å²) in [6.45, 7) is 10.5. The summed E-state index contributed by atoms with van der Waals surface area (Å²) in [5.74, 6) is 0.772. The second-order valence-corrected chi connectivity index (χ2v) is 6.88. The molecule has 3 atom stereocenters. The molecule has 0 radical (unpaired) electrons. The molecule has 0 saturated carbocycles. The van der Waals surface area contributed by atoms with Crippen LogP contribution in [-0.4, -0.2) is 30.1 Å². The van der Waals surface area contributed by atoms with Crippen molar-refractivity contribution in [3.8, 4) is 0 Å². The summed E-state index contributed by atoms with van der Waals surface area (Å²) in [6, 6.07) is 5.82. The Bertz CT molecular complexity index is 350. The first-order valence-electron chi connectivity index (χ1n) is 7.74. The highest BCUT2D eigenvalue weighted by molar-refractivity contribution is 7.09. The molecular formula is C16H28N2S. The Kier molecular flexibility index (Phi) is 5.86. The fraction of sp³-hybridized carbons (Fsp3) is 0.750. The van der Waals surface area contributed by atoms with Crippen LogP contribution < -0.4 is 5.32 Å². The van der Waals surface area contributed by atoms with Crippen LogP contribution in [0.4, 0.5) is 0 Å². The van der Waals surface area contributed by atoms with Crippen LogP contribution in [0.3, 0.4) is 0 Å². The van der Waals surface area contributed by atoms with Crippen molar-refractivity contribution in [1.82, 2.24) is 10.2 Å². The molecule has 0 aliphatic carbocycles. The van der Waals surface area contributed by atoms with Gasteiger partial charge in [0.25, 0.3) is 0 Å². The molecule has 19 heavy (non-hydrogen) atoms. The topological polar surface area (TPSA) is 15.3 Å². The van der Waals surface area contributed by atoms with Gasteiger partial charge in [-0.3, -0.25) is 4.90 Å². The van der Waals surface area contributed by atoms with Crippen molar-refractivity contribution in [2.45, 2.75) is 58.7 Å². The third-order valence-electron chi connectivity index (χ3n) is 4.46.